The molecule has 1 aromatic carbocycles. The summed E-state index contributed by atoms with van der Waals surface area (Å²) in [5.74, 6) is 0. The van der Waals surface area contributed by atoms with Gasteiger partial charge in [-0.15, -0.1) is 0 Å². The first-order valence-electron chi connectivity index (χ1n) is 2.63. The predicted octanol–water partition coefficient (Wildman–Crippen LogP) is -2.11. The van der Waals surface area contributed by atoms with E-state index in [1.165, 1.54) is 12.1 Å². The van der Waals surface area contributed by atoms with Gasteiger partial charge in [0, 0.05) is 0 Å². The molecule has 0 heterocycles. The summed E-state index contributed by atoms with van der Waals surface area (Å²) in [6.07, 6.45) is 0. The minimum atomic E-state index is -4.00. The van der Waals surface area contributed by atoms with Crippen LogP contribution in [0, 0.1) is 0 Å². The summed E-state index contributed by atoms with van der Waals surface area (Å²) in [4.78, 5) is -0.0741. The van der Waals surface area contributed by atoms with Crippen molar-refractivity contribution >= 4 is 47.9 Å². The molecule has 0 saturated carbocycles. The molecule has 12 heavy (non-hydrogen) atoms. The van der Waals surface area contributed by atoms with Crippen molar-refractivity contribution in [3.63, 3.8) is 0 Å². The molecule has 1 aromatic rings. The van der Waals surface area contributed by atoms with Gasteiger partial charge in [0.05, 0.1) is 4.90 Å². The Morgan fingerprint density at radius 2 is 1.58 bits per heavy atom. The molecule has 1 N–H and O–H groups in total. The molecule has 0 aliphatic carbocycles. The summed E-state index contributed by atoms with van der Waals surface area (Å²) in [6.45, 7) is 0. The molecule has 3 nitrogen and oxygen atoms in total. The van der Waals surface area contributed by atoms with Crippen LogP contribution in [0.1, 0.15) is 4.28 Å². The Bertz CT molecular complexity index is 322. The molecule has 0 amide bonds. The summed E-state index contributed by atoms with van der Waals surface area (Å²) in [5, 5.41) is 0. The molecule has 0 aliphatic rings. The van der Waals surface area contributed by atoms with Gasteiger partial charge in [0.1, 0.15) is 0 Å². The largest absolute Gasteiger partial charge is 2.00 e. The smallest absolute Gasteiger partial charge is 1.00 e. The first-order valence-corrected chi connectivity index (χ1v) is 4.07. The molecule has 0 aromatic heterocycles. The Labute approximate surface area is 149 Å². The molecule has 1 rings (SSSR count). The van der Waals surface area contributed by atoms with Crippen LogP contribution in [0.3, 0.4) is 0 Å². The second-order valence-corrected chi connectivity index (χ2v) is 3.21. The van der Waals surface area contributed by atoms with Crippen molar-refractivity contribution in [1.29, 1.82) is 0 Å². The van der Waals surface area contributed by atoms with Gasteiger partial charge in [0.15, 0.2) is 0 Å². The normalized spacial score (nSPS) is 9.42. The molecule has 6 heteroatoms. The van der Waals surface area contributed by atoms with Crippen LogP contribution in [0.2, 0.25) is 0 Å². The Morgan fingerprint density at radius 1 is 1.17 bits per heavy atom. The Balaban J connectivity index is -0.0000000667. The first kappa shape index (κ1) is 16.5. The van der Waals surface area contributed by atoms with Crippen molar-refractivity contribution in [3.8, 4) is 0 Å². The zero-order chi connectivity index (χ0) is 7.61. The molecule has 0 fully saturated rings. The van der Waals surface area contributed by atoms with Gasteiger partial charge < -0.3 is 4.28 Å². The van der Waals surface area contributed by atoms with E-state index in [0.29, 0.717) is 0 Å². The van der Waals surface area contributed by atoms with Crippen molar-refractivity contribution in [2.24, 2.45) is 0 Å². The zero-order valence-corrected chi connectivity index (χ0v) is 12.9. The van der Waals surface area contributed by atoms with Gasteiger partial charge in [0.25, 0.3) is 10.1 Å². The van der Waals surface area contributed by atoms with E-state index >= 15 is 0 Å². The van der Waals surface area contributed by atoms with Gasteiger partial charge in [-0.3, -0.25) is 4.55 Å². The van der Waals surface area contributed by atoms with E-state index in [9.17, 15) is 8.42 Å². The van der Waals surface area contributed by atoms with Crippen LogP contribution in [-0.4, -0.2) is 50.7 Å². The molecular weight excluding hydrogens is 231 g/mol. The van der Waals surface area contributed by atoms with Crippen LogP contribution in [0.15, 0.2) is 35.2 Å². The molecule has 0 spiro atoms. The first-order chi connectivity index (χ1) is 4.61. The third kappa shape index (κ3) is 5.69. The van der Waals surface area contributed by atoms with Gasteiger partial charge in [-0.25, -0.2) is 0 Å². The van der Waals surface area contributed by atoms with Crippen LogP contribution in [0.25, 0.3) is 0 Å². The SMILES string of the molecule is O=S(=O)(O)c1ccccc1.[Ca+2].[H-].[H-].[H-].[K+]. The average Bonchev–Trinajstić information content (AvgIpc) is 1.88. The van der Waals surface area contributed by atoms with Gasteiger partial charge in [-0.2, -0.15) is 8.42 Å². The molecule has 0 unspecified atom stereocenters. The summed E-state index contributed by atoms with van der Waals surface area (Å²) < 4.78 is 29.2. The fourth-order valence-corrected chi connectivity index (χ4v) is 1.09. The minimum Gasteiger partial charge on any atom is -1.00 e. The van der Waals surface area contributed by atoms with Gasteiger partial charge >= 0.3 is 89.1 Å². The third-order valence-corrected chi connectivity index (χ3v) is 1.91. The topological polar surface area (TPSA) is 54.4 Å². The van der Waals surface area contributed by atoms with E-state index in [4.69, 9.17) is 4.55 Å². The number of hydrogen-bond acceptors (Lipinski definition) is 2. The second kappa shape index (κ2) is 7.34. The van der Waals surface area contributed by atoms with Crippen LogP contribution in [-0.2, 0) is 10.1 Å². The molecule has 60 valence electrons. The van der Waals surface area contributed by atoms with Crippen LogP contribution in [0.5, 0.6) is 0 Å². The molecule has 0 saturated heterocycles. The fraction of sp³-hybridized carbons (Fsp3) is 0. The fourth-order valence-electron chi connectivity index (χ4n) is 0.592. The van der Waals surface area contributed by atoms with Gasteiger partial charge in [0.2, 0.25) is 0 Å². The maximum Gasteiger partial charge on any atom is 2.00 e. The maximum atomic E-state index is 10.4. The van der Waals surface area contributed by atoms with Crippen LogP contribution >= 0.6 is 0 Å². The van der Waals surface area contributed by atoms with Crippen LogP contribution < -0.4 is 51.4 Å². The maximum absolute atomic E-state index is 10.4. The number of hydrogen-bond donors (Lipinski definition) is 1. The molecule has 0 aliphatic heterocycles. The zero-order valence-electron chi connectivity index (χ0n) is 9.77. The van der Waals surface area contributed by atoms with Crippen molar-refractivity contribution in [1.82, 2.24) is 0 Å². The number of benzene rings is 1. The Hall–Kier alpha value is 2.03. The van der Waals surface area contributed by atoms with Crippen molar-refractivity contribution in [2.45, 2.75) is 4.90 Å². The summed E-state index contributed by atoms with van der Waals surface area (Å²) >= 11 is 0. The molecule has 0 radical (unpaired) electrons. The van der Waals surface area contributed by atoms with E-state index in [1.807, 2.05) is 0 Å². The van der Waals surface area contributed by atoms with E-state index in [0.717, 1.165) is 0 Å². The Kier molecular flexibility index (Phi) is 10.1. The monoisotopic (exact) mass is 240 g/mol. The Morgan fingerprint density at radius 3 is 1.83 bits per heavy atom. The van der Waals surface area contributed by atoms with E-state index < -0.39 is 10.1 Å². The predicted molar refractivity (Wildman–Crippen MR) is 45.3 cm³/mol. The summed E-state index contributed by atoms with van der Waals surface area (Å²) in [5.41, 5.74) is 0. The van der Waals surface area contributed by atoms with E-state index in [2.05, 4.69) is 0 Å². The van der Waals surface area contributed by atoms with Crippen molar-refractivity contribution in [3.05, 3.63) is 30.3 Å². The standard InChI is InChI=1S/C6H6O3S.Ca.K.3H/c7-10(8,9)6-4-2-1-3-5-6;;;;;/h1-5H,(H,7,8,9);;;;;/q;+2;+1;3*-1. The molecule has 0 atom stereocenters. The summed E-state index contributed by atoms with van der Waals surface area (Å²) in [7, 11) is -4.00. The summed E-state index contributed by atoms with van der Waals surface area (Å²) in [6, 6.07) is 7.42. The third-order valence-electron chi connectivity index (χ3n) is 1.04. The number of rotatable bonds is 1. The van der Waals surface area contributed by atoms with Crippen LogP contribution in [0.4, 0.5) is 0 Å². The quantitative estimate of drug-likeness (QED) is 0.452. The molecule has 0 bridgehead atoms. The average molecular weight is 240 g/mol. The molecular formula is C6H9CaKO3S. The van der Waals surface area contributed by atoms with E-state index in [-0.39, 0.29) is 98.3 Å². The van der Waals surface area contributed by atoms with E-state index in [1.54, 1.807) is 18.2 Å². The van der Waals surface area contributed by atoms with Crippen molar-refractivity contribution < 1.29 is 68.6 Å². The minimum absolute atomic E-state index is 0. The van der Waals surface area contributed by atoms with Gasteiger partial charge in [-0.05, 0) is 12.1 Å². The van der Waals surface area contributed by atoms with Gasteiger partial charge in [-0.1, -0.05) is 18.2 Å². The second-order valence-electron chi connectivity index (χ2n) is 1.79. The van der Waals surface area contributed by atoms with Crippen molar-refractivity contribution in [2.75, 3.05) is 0 Å².